The summed E-state index contributed by atoms with van der Waals surface area (Å²) in [7, 11) is 0. The summed E-state index contributed by atoms with van der Waals surface area (Å²) in [5.74, 6) is 0.125. The monoisotopic (exact) mass is 670 g/mol. The number of nitrogens with zero attached hydrogens (tertiary/aromatic N) is 3. The third-order valence-electron chi connectivity index (χ3n) is 7.20. The van der Waals surface area contributed by atoms with E-state index in [9.17, 15) is 24.0 Å². The topological polar surface area (TPSA) is 204 Å². The van der Waals surface area contributed by atoms with Crippen LogP contribution in [-0.4, -0.2) is 74.9 Å². The van der Waals surface area contributed by atoms with Crippen LogP contribution in [0.2, 0.25) is 0 Å². The van der Waals surface area contributed by atoms with E-state index in [0.29, 0.717) is 68.1 Å². The summed E-state index contributed by atoms with van der Waals surface area (Å²) < 4.78 is 13.7. The Balaban J connectivity index is 1.52. The van der Waals surface area contributed by atoms with Crippen LogP contribution in [0.4, 0.5) is 4.79 Å². The summed E-state index contributed by atoms with van der Waals surface area (Å²) in [5.41, 5.74) is 5.36. The first kappa shape index (κ1) is 37.8. The predicted octanol–water partition coefficient (Wildman–Crippen LogP) is 2.40. The number of carbonyl (C=O) groups is 3. The zero-order chi connectivity index (χ0) is 35.3. The molecule has 2 aromatic heterocycles. The maximum atomic E-state index is 13.0. The second-order valence-corrected chi connectivity index (χ2v) is 12.5. The number of unbranched alkanes of at least 4 members (excludes halogenated alkanes) is 2. The molecule has 48 heavy (non-hydrogen) atoms. The van der Waals surface area contributed by atoms with E-state index in [2.05, 4.69) is 25.9 Å². The van der Waals surface area contributed by atoms with Gasteiger partial charge >= 0.3 is 11.8 Å². The summed E-state index contributed by atoms with van der Waals surface area (Å²) in [6.45, 7) is 10.5. The van der Waals surface area contributed by atoms with Gasteiger partial charge in [0.25, 0.3) is 11.5 Å². The van der Waals surface area contributed by atoms with Crippen LogP contribution in [0.25, 0.3) is 22.6 Å². The molecule has 3 rings (SSSR count). The van der Waals surface area contributed by atoms with Gasteiger partial charge in [-0.05, 0) is 77.3 Å². The molecule has 1 aromatic carbocycles. The van der Waals surface area contributed by atoms with Crippen LogP contribution in [0.5, 0.6) is 5.75 Å². The van der Waals surface area contributed by atoms with E-state index in [4.69, 9.17) is 15.2 Å². The number of fused-ring (bicyclic) bond motifs is 1. The van der Waals surface area contributed by atoms with E-state index >= 15 is 0 Å². The second-order valence-electron chi connectivity index (χ2n) is 12.5. The van der Waals surface area contributed by atoms with Gasteiger partial charge < -0.3 is 36.1 Å². The van der Waals surface area contributed by atoms with Gasteiger partial charge in [-0.2, -0.15) is 0 Å². The van der Waals surface area contributed by atoms with Crippen molar-refractivity contribution in [3.8, 4) is 17.1 Å². The van der Waals surface area contributed by atoms with Crippen molar-refractivity contribution in [2.24, 2.45) is 5.73 Å². The second kappa shape index (κ2) is 18.0. The van der Waals surface area contributed by atoms with Gasteiger partial charge in [0.1, 0.15) is 28.7 Å². The molecule has 264 valence electrons. The summed E-state index contributed by atoms with van der Waals surface area (Å²) in [6.07, 6.45) is 3.48. The van der Waals surface area contributed by atoms with Crippen molar-refractivity contribution in [3.63, 3.8) is 0 Å². The molecule has 3 amide bonds. The smallest absolute Gasteiger partial charge is 0.408 e. The fraction of sp³-hybridized carbons (Fsp3) is 0.576. The highest BCUT2D eigenvalue weighted by atomic mass is 16.6. The van der Waals surface area contributed by atoms with Crippen molar-refractivity contribution in [1.82, 2.24) is 35.1 Å². The van der Waals surface area contributed by atoms with Crippen LogP contribution in [0.3, 0.4) is 0 Å². The van der Waals surface area contributed by atoms with Crippen LogP contribution in [0.1, 0.15) is 73.1 Å². The third kappa shape index (κ3) is 11.0. The van der Waals surface area contributed by atoms with Gasteiger partial charge in [-0.15, -0.1) is 0 Å². The molecule has 0 saturated carbocycles. The van der Waals surface area contributed by atoms with E-state index in [0.717, 1.165) is 12.8 Å². The van der Waals surface area contributed by atoms with Crippen molar-refractivity contribution in [3.05, 3.63) is 45.1 Å². The standard InChI is InChI=1S/C33H50N8O7/c1-6-19-40-28-26(30(44)41(20-7-2)32(40)46)38-27(39-28)22-12-14-23(15-13-22)47-21-25(42)35-17-18-36-29(43)24(11-9-8-10-16-34)37-31(45)48-33(3,4)5/h12-15,24H,6-11,16-21,34H2,1-5H3,(H,35,42)(H,36,43)(H,37,45)(H,38,39)/t24-/m0/s1. The van der Waals surface area contributed by atoms with Crippen LogP contribution in [-0.2, 0) is 27.4 Å². The fourth-order valence-electron chi connectivity index (χ4n) is 4.96. The van der Waals surface area contributed by atoms with Gasteiger partial charge in [-0.25, -0.2) is 14.6 Å². The van der Waals surface area contributed by atoms with Crippen LogP contribution in [0.15, 0.2) is 33.9 Å². The van der Waals surface area contributed by atoms with E-state index < -0.39 is 23.3 Å². The van der Waals surface area contributed by atoms with Gasteiger partial charge in [0.15, 0.2) is 12.3 Å². The van der Waals surface area contributed by atoms with E-state index in [-0.39, 0.29) is 42.7 Å². The molecule has 0 radical (unpaired) electrons. The maximum Gasteiger partial charge on any atom is 0.408 e. The van der Waals surface area contributed by atoms with E-state index in [1.54, 1.807) is 45.0 Å². The first-order chi connectivity index (χ1) is 22.9. The Bertz CT molecular complexity index is 1640. The lowest BCUT2D eigenvalue weighted by Gasteiger charge is -2.23. The minimum absolute atomic E-state index is 0.154. The number of imidazole rings is 1. The third-order valence-corrected chi connectivity index (χ3v) is 7.20. The molecule has 0 bridgehead atoms. The molecule has 6 N–H and O–H groups in total. The molecule has 3 aromatic rings. The Kier molecular flexibility index (Phi) is 14.2. The number of aryl methyl sites for hydroxylation is 1. The zero-order valence-electron chi connectivity index (χ0n) is 28.6. The minimum atomic E-state index is -0.778. The first-order valence-electron chi connectivity index (χ1n) is 16.6. The van der Waals surface area contributed by atoms with Gasteiger partial charge in [0.05, 0.1) is 0 Å². The minimum Gasteiger partial charge on any atom is -0.484 e. The number of aromatic amines is 1. The Hall–Kier alpha value is -4.66. The van der Waals surface area contributed by atoms with Crippen LogP contribution >= 0.6 is 0 Å². The molecule has 0 fully saturated rings. The van der Waals surface area contributed by atoms with Crippen LogP contribution in [0, 0.1) is 0 Å². The number of ether oxygens (including phenoxy) is 2. The lowest BCUT2D eigenvalue weighted by molar-refractivity contribution is -0.125. The summed E-state index contributed by atoms with van der Waals surface area (Å²) in [4.78, 5) is 71.0. The number of hydrogen-bond donors (Lipinski definition) is 5. The quantitative estimate of drug-likeness (QED) is 0.126. The SMILES string of the molecule is CCCn1c(=O)c2[nH]c(-c3ccc(OCC(=O)NCCNC(=O)[C@H](CCCCCN)NC(=O)OC(C)(C)C)cc3)nc2n(CCC)c1=O. The molecule has 0 saturated heterocycles. The molecule has 0 aliphatic carbocycles. The van der Waals surface area contributed by atoms with E-state index in [1.165, 1.54) is 9.13 Å². The number of carbonyl (C=O) groups excluding carboxylic acids is 3. The Morgan fingerprint density at radius 2 is 1.62 bits per heavy atom. The number of hydrogen-bond acceptors (Lipinski definition) is 9. The van der Waals surface area contributed by atoms with E-state index in [1.807, 2.05) is 13.8 Å². The highest BCUT2D eigenvalue weighted by Crippen LogP contribution is 2.22. The lowest BCUT2D eigenvalue weighted by atomic mass is 10.1. The highest BCUT2D eigenvalue weighted by molar-refractivity contribution is 5.85. The van der Waals surface area contributed by atoms with Gasteiger partial charge in [-0.1, -0.05) is 26.7 Å². The Labute approximate surface area is 280 Å². The number of benzene rings is 1. The first-order valence-corrected chi connectivity index (χ1v) is 16.6. The molecular weight excluding hydrogens is 620 g/mol. The molecule has 15 nitrogen and oxygen atoms in total. The Morgan fingerprint density at radius 1 is 0.958 bits per heavy atom. The molecule has 0 aliphatic heterocycles. The van der Waals surface area contributed by atoms with Crippen molar-refractivity contribution >= 4 is 29.1 Å². The number of nitrogens with two attached hydrogens (primary N) is 1. The normalized spacial score (nSPS) is 12.0. The number of aromatic nitrogens is 4. The lowest BCUT2D eigenvalue weighted by Crippen LogP contribution is -2.49. The average Bonchev–Trinajstić information content (AvgIpc) is 3.49. The molecule has 1 atom stereocenters. The fourth-order valence-corrected chi connectivity index (χ4v) is 4.96. The number of H-pyrrole nitrogens is 1. The summed E-state index contributed by atoms with van der Waals surface area (Å²) in [6, 6.07) is 6.06. The van der Waals surface area contributed by atoms with Gasteiger partial charge in [0.2, 0.25) is 5.91 Å². The molecule has 0 aliphatic rings. The highest BCUT2D eigenvalue weighted by Gasteiger charge is 2.24. The molecule has 15 heteroatoms. The molecule has 2 heterocycles. The van der Waals surface area contributed by atoms with Crippen molar-refractivity contribution in [1.29, 1.82) is 0 Å². The molecule has 0 unspecified atom stereocenters. The maximum absolute atomic E-state index is 13.0. The van der Waals surface area contributed by atoms with Crippen LogP contribution < -0.4 is 37.7 Å². The predicted molar refractivity (Wildman–Crippen MR) is 183 cm³/mol. The largest absolute Gasteiger partial charge is 0.484 e. The van der Waals surface area contributed by atoms with Gasteiger partial charge in [0, 0.05) is 31.7 Å². The number of rotatable bonds is 18. The number of amides is 3. The average molecular weight is 671 g/mol. The zero-order valence-corrected chi connectivity index (χ0v) is 28.6. The van der Waals surface area contributed by atoms with Gasteiger partial charge in [-0.3, -0.25) is 23.5 Å². The molecular formula is C33H50N8O7. The summed E-state index contributed by atoms with van der Waals surface area (Å²) in [5, 5.41) is 8.06. The van der Waals surface area contributed by atoms with Crippen molar-refractivity contribution in [2.45, 2.75) is 97.9 Å². The number of nitrogens with one attached hydrogen (secondary N) is 4. The summed E-state index contributed by atoms with van der Waals surface area (Å²) >= 11 is 0. The van der Waals surface area contributed by atoms with Crippen molar-refractivity contribution in [2.75, 3.05) is 26.2 Å². The number of alkyl carbamates (subject to hydrolysis) is 1. The Morgan fingerprint density at radius 3 is 2.27 bits per heavy atom. The van der Waals surface area contributed by atoms with Crippen molar-refractivity contribution < 1.29 is 23.9 Å². The molecule has 0 spiro atoms.